The van der Waals surface area contributed by atoms with Crippen LogP contribution in [0.2, 0.25) is 0 Å². The number of azo groups is 1. The Morgan fingerprint density at radius 2 is 1.29 bits per heavy atom. The summed E-state index contributed by atoms with van der Waals surface area (Å²) in [7, 11) is 0. The largest absolute Gasteiger partial charge is 0.354 e. The second-order valence-corrected chi connectivity index (χ2v) is 8.27. The van der Waals surface area contributed by atoms with Crippen LogP contribution >= 0.6 is 11.8 Å². The summed E-state index contributed by atoms with van der Waals surface area (Å²) >= 11 is 1.79. The van der Waals surface area contributed by atoms with Gasteiger partial charge in [-0.15, -0.1) is 0 Å². The lowest BCUT2D eigenvalue weighted by Gasteiger charge is -2.21. The summed E-state index contributed by atoms with van der Waals surface area (Å²) in [4.78, 5) is 7.26. The SMILES string of the molecule is CC(=Nc1ccc(N=Nc2ccccc2)cc1)c1ccc2c(c1)Nc1ccccc1S2. The van der Waals surface area contributed by atoms with Gasteiger partial charge in [0.2, 0.25) is 0 Å². The molecule has 4 nitrogen and oxygen atoms in total. The van der Waals surface area contributed by atoms with Crippen molar-refractivity contribution in [1.82, 2.24) is 0 Å². The van der Waals surface area contributed by atoms with Crippen LogP contribution in [0.3, 0.4) is 0 Å². The van der Waals surface area contributed by atoms with E-state index in [4.69, 9.17) is 4.99 Å². The molecule has 0 saturated carbocycles. The van der Waals surface area contributed by atoms with Gasteiger partial charge < -0.3 is 5.32 Å². The smallest absolute Gasteiger partial charge is 0.0858 e. The van der Waals surface area contributed by atoms with Gasteiger partial charge in [-0.3, -0.25) is 4.99 Å². The first-order valence-corrected chi connectivity index (χ1v) is 10.9. The highest BCUT2D eigenvalue weighted by molar-refractivity contribution is 7.99. The quantitative estimate of drug-likeness (QED) is 0.234. The minimum atomic E-state index is 0.800. The predicted octanol–water partition coefficient (Wildman–Crippen LogP) is 8.45. The number of fused-ring (bicyclic) bond motifs is 2. The van der Waals surface area contributed by atoms with Gasteiger partial charge in [-0.1, -0.05) is 48.2 Å². The molecule has 5 rings (SSSR count). The minimum absolute atomic E-state index is 0.800. The average molecular weight is 421 g/mol. The van der Waals surface area contributed by atoms with Crippen LogP contribution in [0.15, 0.2) is 122 Å². The van der Waals surface area contributed by atoms with Gasteiger partial charge in [0.05, 0.1) is 28.4 Å². The Bertz CT molecular complexity index is 1280. The van der Waals surface area contributed by atoms with E-state index >= 15 is 0 Å². The lowest BCUT2D eigenvalue weighted by molar-refractivity contribution is 1.23. The number of rotatable bonds is 4. The third-order valence-corrected chi connectivity index (χ3v) is 6.11. The number of benzene rings is 4. The van der Waals surface area contributed by atoms with Crippen LogP contribution in [-0.2, 0) is 0 Å². The fourth-order valence-electron chi connectivity index (χ4n) is 3.33. The van der Waals surface area contributed by atoms with E-state index in [2.05, 4.69) is 58.0 Å². The number of hydrogen-bond donors (Lipinski definition) is 1. The monoisotopic (exact) mass is 420 g/mol. The van der Waals surface area contributed by atoms with Crippen molar-refractivity contribution in [1.29, 1.82) is 0 Å². The van der Waals surface area contributed by atoms with Crippen molar-refractivity contribution in [3.05, 3.63) is 103 Å². The Kier molecular flexibility index (Phi) is 5.33. The van der Waals surface area contributed by atoms with Gasteiger partial charge in [-0.25, -0.2) is 0 Å². The molecule has 1 aliphatic heterocycles. The molecule has 1 aliphatic rings. The fourth-order valence-corrected chi connectivity index (χ4v) is 4.29. The van der Waals surface area contributed by atoms with Crippen molar-refractivity contribution in [2.24, 2.45) is 15.2 Å². The Morgan fingerprint density at radius 3 is 2.10 bits per heavy atom. The first-order valence-electron chi connectivity index (χ1n) is 10.1. The van der Waals surface area contributed by atoms with Crippen LogP contribution in [0.25, 0.3) is 0 Å². The molecular weight excluding hydrogens is 400 g/mol. The van der Waals surface area contributed by atoms with Gasteiger partial charge in [0.25, 0.3) is 0 Å². The summed E-state index contributed by atoms with van der Waals surface area (Å²) in [5.41, 5.74) is 6.85. The summed E-state index contributed by atoms with van der Waals surface area (Å²) < 4.78 is 0. The van der Waals surface area contributed by atoms with Crippen molar-refractivity contribution < 1.29 is 0 Å². The van der Waals surface area contributed by atoms with E-state index in [9.17, 15) is 0 Å². The summed E-state index contributed by atoms with van der Waals surface area (Å²) in [6.45, 7) is 2.04. The molecule has 4 aromatic rings. The molecule has 0 radical (unpaired) electrons. The summed E-state index contributed by atoms with van der Waals surface area (Å²) in [6, 6.07) is 32.3. The summed E-state index contributed by atoms with van der Waals surface area (Å²) in [5, 5.41) is 12.1. The van der Waals surface area contributed by atoms with Crippen LogP contribution < -0.4 is 5.32 Å². The number of anilines is 2. The Hall–Kier alpha value is -3.70. The molecule has 0 saturated heterocycles. The van der Waals surface area contributed by atoms with Gasteiger partial charge in [-0.2, -0.15) is 10.2 Å². The zero-order valence-electron chi connectivity index (χ0n) is 17.0. The maximum absolute atomic E-state index is 4.79. The Balaban J connectivity index is 1.33. The van der Waals surface area contributed by atoms with Crippen LogP contribution in [-0.4, -0.2) is 5.71 Å². The fraction of sp³-hybridized carbons (Fsp3) is 0.0385. The molecule has 1 heterocycles. The highest BCUT2D eigenvalue weighted by atomic mass is 32.2. The van der Waals surface area contributed by atoms with Crippen molar-refractivity contribution >= 4 is 45.9 Å². The van der Waals surface area contributed by atoms with Crippen molar-refractivity contribution in [3.63, 3.8) is 0 Å². The second-order valence-electron chi connectivity index (χ2n) is 7.18. The molecule has 0 aromatic heterocycles. The van der Waals surface area contributed by atoms with Gasteiger partial charge in [-0.05, 0) is 73.2 Å². The molecule has 5 heteroatoms. The number of hydrogen-bond acceptors (Lipinski definition) is 5. The molecule has 0 bridgehead atoms. The van der Waals surface area contributed by atoms with E-state index in [1.165, 1.54) is 9.79 Å². The van der Waals surface area contributed by atoms with Crippen LogP contribution in [0.1, 0.15) is 12.5 Å². The normalized spacial score (nSPS) is 12.9. The zero-order chi connectivity index (χ0) is 21.0. The standard InChI is InChI=1S/C26H20N4S/c1-18(19-11-16-26-24(17-19)28-23-9-5-6-10-25(23)31-26)27-20-12-14-22(15-13-20)30-29-21-7-3-2-4-8-21/h2-17,28H,1H3. The van der Waals surface area contributed by atoms with Crippen molar-refractivity contribution in [2.75, 3.05) is 5.32 Å². The topological polar surface area (TPSA) is 49.1 Å². The molecule has 0 aliphatic carbocycles. The molecule has 31 heavy (non-hydrogen) atoms. The highest BCUT2D eigenvalue weighted by Crippen LogP contribution is 2.44. The maximum Gasteiger partial charge on any atom is 0.0858 e. The first kappa shape index (κ1) is 19.3. The number of nitrogens with one attached hydrogen (secondary N) is 1. The van der Waals surface area contributed by atoms with Crippen molar-refractivity contribution in [2.45, 2.75) is 16.7 Å². The zero-order valence-corrected chi connectivity index (χ0v) is 17.8. The predicted molar refractivity (Wildman–Crippen MR) is 129 cm³/mol. The van der Waals surface area contributed by atoms with E-state index in [-0.39, 0.29) is 0 Å². The van der Waals surface area contributed by atoms with E-state index in [0.29, 0.717) is 0 Å². The highest BCUT2D eigenvalue weighted by Gasteiger charge is 2.15. The van der Waals surface area contributed by atoms with Gasteiger partial charge >= 0.3 is 0 Å². The lowest BCUT2D eigenvalue weighted by Crippen LogP contribution is -2.02. The van der Waals surface area contributed by atoms with Gasteiger partial charge in [0.1, 0.15) is 0 Å². The molecule has 0 fully saturated rings. The van der Waals surface area contributed by atoms with E-state index in [0.717, 1.165) is 39.7 Å². The minimum Gasteiger partial charge on any atom is -0.354 e. The van der Waals surface area contributed by atoms with Crippen LogP contribution in [0.4, 0.5) is 28.4 Å². The maximum atomic E-state index is 4.79. The number of nitrogens with zero attached hydrogens (tertiary/aromatic N) is 3. The van der Waals surface area contributed by atoms with Crippen LogP contribution in [0.5, 0.6) is 0 Å². The first-order chi connectivity index (χ1) is 15.2. The Morgan fingerprint density at radius 1 is 0.645 bits per heavy atom. The molecule has 1 N–H and O–H groups in total. The van der Waals surface area contributed by atoms with E-state index in [1.54, 1.807) is 11.8 Å². The van der Waals surface area contributed by atoms with Crippen molar-refractivity contribution in [3.8, 4) is 0 Å². The Labute approximate surface area is 185 Å². The molecular formula is C26H20N4S. The average Bonchev–Trinajstić information content (AvgIpc) is 2.82. The van der Waals surface area contributed by atoms with E-state index < -0.39 is 0 Å². The summed E-state index contributed by atoms with van der Waals surface area (Å²) in [5.74, 6) is 0. The van der Waals surface area contributed by atoms with E-state index in [1.807, 2.05) is 61.5 Å². The molecule has 0 amide bonds. The summed E-state index contributed by atoms with van der Waals surface area (Å²) in [6.07, 6.45) is 0. The molecule has 0 atom stereocenters. The third kappa shape index (κ3) is 4.42. The van der Waals surface area contributed by atoms with Gasteiger partial charge in [0.15, 0.2) is 0 Å². The van der Waals surface area contributed by atoms with Crippen LogP contribution in [0, 0.1) is 0 Å². The number of aliphatic imine (C=N–C) groups is 1. The molecule has 150 valence electrons. The third-order valence-electron chi connectivity index (χ3n) is 4.96. The molecule has 4 aromatic carbocycles. The second kappa shape index (κ2) is 8.58. The van der Waals surface area contributed by atoms with Gasteiger partial charge in [0, 0.05) is 15.5 Å². The number of para-hydroxylation sites is 1. The lowest BCUT2D eigenvalue weighted by atomic mass is 10.1. The molecule has 0 spiro atoms. The molecule has 0 unspecified atom stereocenters.